The first kappa shape index (κ1) is 12.3. The van der Waals surface area contributed by atoms with E-state index in [4.69, 9.17) is 4.74 Å². The average molecular weight is 233 g/mol. The van der Waals surface area contributed by atoms with Gasteiger partial charge < -0.3 is 10.1 Å². The van der Waals surface area contributed by atoms with Crippen molar-refractivity contribution in [2.75, 3.05) is 19.0 Å². The molecule has 0 fully saturated rings. The minimum Gasteiger partial charge on any atom is -0.473 e. The van der Waals surface area contributed by atoms with Gasteiger partial charge in [0, 0.05) is 13.1 Å². The van der Waals surface area contributed by atoms with Crippen molar-refractivity contribution < 1.29 is 17.9 Å². The van der Waals surface area contributed by atoms with Crippen LogP contribution >= 0.6 is 0 Å². The topological polar surface area (TPSA) is 47.0 Å². The van der Waals surface area contributed by atoms with Crippen molar-refractivity contribution in [3.05, 3.63) is 24.4 Å². The Labute approximate surface area is 90.2 Å². The maximum absolute atomic E-state index is 12.4. The molecule has 0 aliphatic rings. The molecule has 1 aromatic heterocycles. The summed E-state index contributed by atoms with van der Waals surface area (Å²) in [6.07, 6.45) is -3.12. The standard InChI is InChI=1S/C9H10F3N3O/c1-3-4-16-7-5-6(9(10,11)12)14-8(13-2)15-7/h3,5H,1,4H2,2H3,(H,13,14,15). The molecule has 0 aliphatic carbocycles. The zero-order chi connectivity index (χ0) is 12.2. The second kappa shape index (κ2) is 4.82. The SMILES string of the molecule is C=CCOc1cc(C(F)(F)F)nc(NC)n1. The molecule has 0 unspecified atom stereocenters. The van der Waals surface area contributed by atoms with Crippen LogP contribution in [0.4, 0.5) is 19.1 Å². The number of hydrogen-bond donors (Lipinski definition) is 1. The molecule has 7 heteroatoms. The van der Waals surface area contributed by atoms with Crippen LogP contribution < -0.4 is 10.1 Å². The van der Waals surface area contributed by atoms with Gasteiger partial charge in [-0.2, -0.15) is 18.2 Å². The molecule has 4 nitrogen and oxygen atoms in total. The van der Waals surface area contributed by atoms with Crippen LogP contribution in [0, 0.1) is 0 Å². The molecule has 0 radical (unpaired) electrons. The van der Waals surface area contributed by atoms with Gasteiger partial charge in [0.1, 0.15) is 6.61 Å². The Hall–Kier alpha value is -1.79. The lowest BCUT2D eigenvalue weighted by atomic mass is 10.4. The van der Waals surface area contributed by atoms with Crippen LogP contribution in [-0.4, -0.2) is 23.6 Å². The molecule has 0 spiro atoms. The second-order valence-corrected chi connectivity index (χ2v) is 2.76. The highest BCUT2D eigenvalue weighted by Gasteiger charge is 2.33. The second-order valence-electron chi connectivity index (χ2n) is 2.76. The van der Waals surface area contributed by atoms with E-state index in [1.54, 1.807) is 0 Å². The van der Waals surface area contributed by atoms with Crippen molar-refractivity contribution in [2.24, 2.45) is 0 Å². The summed E-state index contributed by atoms with van der Waals surface area (Å²) in [5, 5.41) is 2.43. The lowest BCUT2D eigenvalue weighted by Gasteiger charge is -2.09. The summed E-state index contributed by atoms with van der Waals surface area (Å²) in [7, 11) is 1.42. The number of rotatable bonds is 4. The molecule has 0 aliphatic heterocycles. The number of ether oxygens (including phenoxy) is 1. The third kappa shape index (κ3) is 3.11. The summed E-state index contributed by atoms with van der Waals surface area (Å²) in [5.41, 5.74) is -1.05. The summed E-state index contributed by atoms with van der Waals surface area (Å²) >= 11 is 0. The quantitative estimate of drug-likeness (QED) is 0.809. The molecule has 1 rings (SSSR count). The molecule has 0 atom stereocenters. The molecule has 88 valence electrons. The Morgan fingerprint density at radius 2 is 2.19 bits per heavy atom. The van der Waals surface area contributed by atoms with E-state index in [0.717, 1.165) is 6.07 Å². The van der Waals surface area contributed by atoms with Crippen molar-refractivity contribution >= 4 is 5.95 Å². The molecule has 1 heterocycles. The molecule has 0 saturated heterocycles. The van der Waals surface area contributed by atoms with Gasteiger partial charge in [-0.1, -0.05) is 12.7 Å². The Balaban J connectivity index is 3.05. The maximum atomic E-state index is 12.4. The molecule has 1 aromatic rings. The van der Waals surface area contributed by atoms with Gasteiger partial charge in [0.25, 0.3) is 0 Å². The fourth-order valence-corrected chi connectivity index (χ4v) is 0.900. The van der Waals surface area contributed by atoms with Gasteiger partial charge in [0.05, 0.1) is 0 Å². The Morgan fingerprint density at radius 3 is 2.69 bits per heavy atom. The highest BCUT2D eigenvalue weighted by molar-refractivity contribution is 5.31. The van der Waals surface area contributed by atoms with Crippen LogP contribution in [0.15, 0.2) is 18.7 Å². The van der Waals surface area contributed by atoms with Crippen LogP contribution in [0.2, 0.25) is 0 Å². The summed E-state index contributed by atoms with van der Waals surface area (Å²) in [6, 6.07) is 0.740. The number of alkyl halides is 3. The maximum Gasteiger partial charge on any atom is 0.433 e. The lowest BCUT2D eigenvalue weighted by Crippen LogP contribution is -2.11. The van der Waals surface area contributed by atoms with Crippen molar-refractivity contribution in [3.63, 3.8) is 0 Å². The number of nitrogens with one attached hydrogen (secondary N) is 1. The van der Waals surface area contributed by atoms with Crippen molar-refractivity contribution in [3.8, 4) is 5.88 Å². The predicted octanol–water partition coefficient (Wildman–Crippen LogP) is 2.10. The van der Waals surface area contributed by atoms with Gasteiger partial charge in [-0.05, 0) is 0 Å². The van der Waals surface area contributed by atoms with Crippen LogP contribution in [0.3, 0.4) is 0 Å². The number of halogens is 3. The van der Waals surface area contributed by atoms with Crippen LogP contribution in [-0.2, 0) is 6.18 Å². The summed E-state index contributed by atoms with van der Waals surface area (Å²) in [5.74, 6) is -0.291. The van der Waals surface area contributed by atoms with Gasteiger partial charge >= 0.3 is 6.18 Å². The van der Waals surface area contributed by atoms with Crippen molar-refractivity contribution in [1.29, 1.82) is 0 Å². The van der Waals surface area contributed by atoms with E-state index in [2.05, 4.69) is 21.9 Å². The van der Waals surface area contributed by atoms with Gasteiger partial charge in [-0.25, -0.2) is 4.98 Å². The van der Waals surface area contributed by atoms with Gasteiger partial charge in [0.15, 0.2) is 5.69 Å². The van der Waals surface area contributed by atoms with E-state index in [9.17, 15) is 13.2 Å². The third-order valence-electron chi connectivity index (χ3n) is 1.57. The zero-order valence-corrected chi connectivity index (χ0v) is 8.51. The van der Waals surface area contributed by atoms with Gasteiger partial charge in [-0.3, -0.25) is 0 Å². The summed E-state index contributed by atoms with van der Waals surface area (Å²) in [6.45, 7) is 3.46. The monoisotopic (exact) mass is 233 g/mol. The summed E-state index contributed by atoms with van der Waals surface area (Å²) < 4.78 is 42.2. The molecule has 0 amide bonds. The zero-order valence-electron chi connectivity index (χ0n) is 8.51. The molecular weight excluding hydrogens is 223 g/mol. The fourth-order valence-electron chi connectivity index (χ4n) is 0.900. The minimum absolute atomic E-state index is 0.0808. The Kier molecular flexibility index (Phi) is 3.70. The number of hydrogen-bond acceptors (Lipinski definition) is 4. The van der Waals surface area contributed by atoms with Gasteiger partial charge in [0.2, 0.25) is 11.8 Å². The Morgan fingerprint density at radius 1 is 1.50 bits per heavy atom. The van der Waals surface area contributed by atoms with E-state index in [1.165, 1.54) is 13.1 Å². The number of nitrogens with zero attached hydrogens (tertiary/aromatic N) is 2. The van der Waals surface area contributed by atoms with E-state index in [-0.39, 0.29) is 18.4 Å². The van der Waals surface area contributed by atoms with E-state index in [0.29, 0.717) is 0 Å². The van der Waals surface area contributed by atoms with E-state index >= 15 is 0 Å². The molecular formula is C9H10F3N3O. The first-order chi connectivity index (χ1) is 7.47. The first-order valence-electron chi connectivity index (χ1n) is 4.35. The highest BCUT2D eigenvalue weighted by atomic mass is 19.4. The van der Waals surface area contributed by atoms with Crippen LogP contribution in [0.1, 0.15) is 5.69 Å². The number of anilines is 1. The molecule has 16 heavy (non-hydrogen) atoms. The number of aromatic nitrogens is 2. The van der Waals surface area contributed by atoms with Crippen LogP contribution in [0.25, 0.3) is 0 Å². The van der Waals surface area contributed by atoms with Gasteiger partial charge in [-0.15, -0.1) is 0 Å². The first-order valence-corrected chi connectivity index (χ1v) is 4.35. The lowest BCUT2D eigenvalue weighted by molar-refractivity contribution is -0.141. The highest BCUT2D eigenvalue weighted by Crippen LogP contribution is 2.30. The van der Waals surface area contributed by atoms with Crippen molar-refractivity contribution in [2.45, 2.75) is 6.18 Å². The summed E-state index contributed by atoms with van der Waals surface area (Å²) in [4.78, 5) is 6.99. The molecule has 0 bridgehead atoms. The van der Waals surface area contributed by atoms with Crippen LogP contribution in [0.5, 0.6) is 5.88 Å². The third-order valence-corrected chi connectivity index (χ3v) is 1.57. The molecule has 1 N–H and O–H groups in total. The van der Waals surface area contributed by atoms with E-state index in [1.807, 2.05) is 0 Å². The largest absolute Gasteiger partial charge is 0.473 e. The Bertz CT molecular complexity index is 379. The molecule has 0 saturated carbocycles. The average Bonchev–Trinajstić information content (AvgIpc) is 2.24. The molecule has 0 aromatic carbocycles. The fraction of sp³-hybridized carbons (Fsp3) is 0.333. The van der Waals surface area contributed by atoms with Crippen molar-refractivity contribution in [1.82, 2.24) is 9.97 Å². The smallest absolute Gasteiger partial charge is 0.433 e. The normalized spacial score (nSPS) is 11.0. The minimum atomic E-state index is -4.53. The van der Waals surface area contributed by atoms with E-state index < -0.39 is 11.9 Å². The predicted molar refractivity (Wildman–Crippen MR) is 52.3 cm³/mol.